The maximum atomic E-state index is 8.53. The molecule has 90 valence electrons. The van der Waals surface area contributed by atoms with Crippen molar-refractivity contribution < 1.29 is 0 Å². The van der Waals surface area contributed by atoms with Gasteiger partial charge in [-0.15, -0.1) is 0 Å². The molecule has 0 saturated carbocycles. The summed E-state index contributed by atoms with van der Waals surface area (Å²) >= 11 is 0. The Morgan fingerprint density at radius 2 is 2.17 bits per heavy atom. The van der Waals surface area contributed by atoms with E-state index in [9.17, 15) is 0 Å². The van der Waals surface area contributed by atoms with Crippen LogP contribution in [0.5, 0.6) is 0 Å². The zero-order chi connectivity index (χ0) is 12.4. The predicted octanol–water partition coefficient (Wildman–Crippen LogP) is 3.97. The van der Waals surface area contributed by atoms with E-state index in [4.69, 9.17) is 5.26 Å². The van der Waals surface area contributed by atoms with Crippen LogP contribution in [0, 0.1) is 11.3 Å². The molecule has 1 N–H and O–H groups in total. The van der Waals surface area contributed by atoms with Crippen molar-refractivity contribution in [2.24, 2.45) is 0 Å². The normalized spacial score (nSPS) is 14.8. The Hall–Kier alpha value is -2.01. The summed E-state index contributed by atoms with van der Waals surface area (Å²) in [5.74, 6) is 0. The van der Waals surface area contributed by atoms with E-state index in [2.05, 4.69) is 29.3 Å². The standard InChI is InChI=1S/C16H16N2/c17-10-4-3-5-12-8-9-16-14(11-12)13-6-1-2-7-15(13)18-16/h3,5,8-9,11,18H,1-2,4,6-7H2. The number of hydrogen-bond acceptors (Lipinski definition) is 1. The first-order valence-electron chi connectivity index (χ1n) is 6.55. The van der Waals surface area contributed by atoms with Crippen LogP contribution in [0.1, 0.15) is 36.1 Å². The molecule has 1 aliphatic rings. The Labute approximate surface area is 107 Å². The molecule has 2 aromatic rings. The Kier molecular flexibility index (Phi) is 2.90. The molecule has 18 heavy (non-hydrogen) atoms. The van der Waals surface area contributed by atoms with E-state index in [1.54, 1.807) is 0 Å². The van der Waals surface area contributed by atoms with E-state index in [0.717, 1.165) is 0 Å². The van der Waals surface area contributed by atoms with Gasteiger partial charge in [0.15, 0.2) is 0 Å². The number of benzene rings is 1. The average molecular weight is 236 g/mol. The number of nitrogens with zero attached hydrogens (tertiary/aromatic N) is 1. The van der Waals surface area contributed by atoms with E-state index in [0.29, 0.717) is 6.42 Å². The lowest BCUT2D eigenvalue weighted by Crippen LogP contribution is -1.99. The minimum Gasteiger partial charge on any atom is -0.358 e. The van der Waals surface area contributed by atoms with E-state index in [-0.39, 0.29) is 0 Å². The molecule has 3 rings (SSSR count). The third-order valence-electron chi connectivity index (χ3n) is 3.64. The highest BCUT2D eigenvalue weighted by Gasteiger charge is 2.14. The van der Waals surface area contributed by atoms with Crippen LogP contribution in [0.2, 0.25) is 0 Å². The van der Waals surface area contributed by atoms with Gasteiger partial charge in [0.2, 0.25) is 0 Å². The molecule has 0 aliphatic heterocycles. The summed E-state index contributed by atoms with van der Waals surface area (Å²) in [4.78, 5) is 3.53. The molecule has 0 unspecified atom stereocenters. The molecule has 0 fully saturated rings. The van der Waals surface area contributed by atoms with Gasteiger partial charge in [0, 0.05) is 16.6 Å². The molecule has 1 aliphatic carbocycles. The van der Waals surface area contributed by atoms with Crippen LogP contribution >= 0.6 is 0 Å². The van der Waals surface area contributed by atoms with Crippen LogP contribution in [0.15, 0.2) is 24.3 Å². The Balaban J connectivity index is 2.03. The molecular weight excluding hydrogens is 220 g/mol. The van der Waals surface area contributed by atoms with Gasteiger partial charge in [-0.05, 0) is 48.9 Å². The number of aryl methyl sites for hydroxylation is 2. The van der Waals surface area contributed by atoms with Gasteiger partial charge in [-0.25, -0.2) is 0 Å². The third kappa shape index (κ3) is 1.93. The zero-order valence-electron chi connectivity index (χ0n) is 10.4. The Morgan fingerprint density at radius 1 is 1.28 bits per heavy atom. The molecular formula is C16H16N2. The summed E-state index contributed by atoms with van der Waals surface area (Å²) in [6, 6.07) is 8.63. The van der Waals surface area contributed by atoms with Gasteiger partial charge in [-0.2, -0.15) is 5.26 Å². The molecule has 1 aromatic heterocycles. The lowest BCUT2D eigenvalue weighted by molar-refractivity contribution is 0.680. The molecule has 1 heterocycles. The Morgan fingerprint density at radius 3 is 3.06 bits per heavy atom. The fraction of sp³-hybridized carbons (Fsp3) is 0.312. The van der Waals surface area contributed by atoms with E-state index in [1.807, 2.05) is 12.2 Å². The highest BCUT2D eigenvalue weighted by atomic mass is 14.7. The van der Waals surface area contributed by atoms with Gasteiger partial charge >= 0.3 is 0 Å². The van der Waals surface area contributed by atoms with Crippen molar-refractivity contribution in [2.75, 3.05) is 0 Å². The molecule has 0 radical (unpaired) electrons. The highest BCUT2D eigenvalue weighted by molar-refractivity contribution is 5.87. The van der Waals surface area contributed by atoms with Crippen LogP contribution in [-0.4, -0.2) is 4.98 Å². The van der Waals surface area contributed by atoms with Crippen LogP contribution in [0.25, 0.3) is 17.0 Å². The lowest BCUT2D eigenvalue weighted by atomic mass is 9.95. The fourth-order valence-electron chi connectivity index (χ4n) is 2.77. The number of nitriles is 1. The largest absolute Gasteiger partial charge is 0.358 e. The SMILES string of the molecule is N#CCC=Cc1ccc2[nH]c3c(c2c1)CCCC3. The average Bonchev–Trinajstić information content (AvgIpc) is 2.77. The number of fused-ring (bicyclic) bond motifs is 3. The number of rotatable bonds is 2. The highest BCUT2D eigenvalue weighted by Crippen LogP contribution is 2.29. The first kappa shape index (κ1) is 11.1. The summed E-state index contributed by atoms with van der Waals surface area (Å²) in [5.41, 5.74) is 5.37. The van der Waals surface area contributed by atoms with Crippen LogP contribution < -0.4 is 0 Å². The maximum Gasteiger partial charge on any atom is 0.0663 e. The topological polar surface area (TPSA) is 39.6 Å². The molecule has 0 bridgehead atoms. The number of H-pyrrole nitrogens is 1. The second-order valence-electron chi connectivity index (χ2n) is 4.86. The van der Waals surface area contributed by atoms with Crippen molar-refractivity contribution in [3.05, 3.63) is 41.1 Å². The smallest absolute Gasteiger partial charge is 0.0663 e. The summed E-state index contributed by atoms with van der Waals surface area (Å²) < 4.78 is 0. The second-order valence-corrected chi connectivity index (χ2v) is 4.86. The minimum atomic E-state index is 0.475. The van der Waals surface area contributed by atoms with Crippen molar-refractivity contribution in [3.8, 4) is 6.07 Å². The fourth-order valence-corrected chi connectivity index (χ4v) is 2.77. The molecule has 0 saturated heterocycles. The molecule has 0 spiro atoms. The van der Waals surface area contributed by atoms with Crippen molar-refractivity contribution in [1.82, 2.24) is 4.98 Å². The number of hydrogen-bond donors (Lipinski definition) is 1. The van der Waals surface area contributed by atoms with Gasteiger partial charge in [0.25, 0.3) is 0 Å². The lowest BCUT2D eigenvalue weighted by Gasteiger charge is -2.10. The summed E-state index contributed by atoms with van der Waals surface area (Å²) in [6.07, 6.45) is 9.40. The molecule has 0 atom stereocenters. The van der Waals surface area contributed by atoms with E-state index >= 15 is 0 Å². The maximum absolute atomic E-state index is 8.53. The molecule has 2 nitrogen and oxygen atoms in total. The molecule has 2 heteroatoms. The first-order chi connectivity index (χ1) is 8.88. The summed E-state index contributed by atoms with van der Waals surface area (Å²) in [5, 5.41) is 9.90. The first-order valence-corrected chi connectivity index (χ1v) is 6.55. The van der Waals surface area contributed by atoms with Gasteiger partial charge in [0.05, 0.1) is 12.5 Å². The summed E-state index contributed by atoms with van der Waals surface area (Å²) in [7, 11) is 0. The van der Waals surface area contributed by atoms with Crippen LogP contribution in [-0.2, 0) is 12.8 Å². The molecule has 1 aromatic carbocycles. The van der Waals surface area contributed by atoms with E-state index in [1.165, 1.54) is 53.4 Å². The van der Waals surface area contributed by atoms with Crippen LogP contribution in [0.4, 0.5) is 0 Å². The van der Waals surface area contributed by atoms with Crippen molar-refractivity contribution in [3.63, 3.8) is 0 Å². The van der Waals surface area contributed by atoms with Gasteiger partial charge < -0.3 is 4.98 Å². The van der Waals surface area contributed by atoms with Crippen molar-refractivity contribution in [1.29, 1.82) is 5.26 Å². The zero-order valence-corrected chi connectivity index (χ0v) is 10.4. The van der Waals surface area contributed by atoms with Gasteiger partial charge in [-0.1, -0.05) is 18.2 Å². The van der Waals surface area contributed by atoms with E-state index < -0.39 is 0 Å². The van der Waals surface area contributed by atoms with Crippen LogP contribution in [0.3, 0.4) is 0 Å². The number of allylic oxidation sites excluding steroid dienone is 1. The monoisotopic (exact) mass is 236 g/mol. The predicted molar refractivity (Wildman–Crippen MR) is 74.2 cm³/mol. The number of aromatic nitrogens is 1. The minimum absolute atomic E-state index is 0.475. The van der Waals surface area contributed by atoms with Crippen molar-refractivity contribution >= 4 is 17.0 Å². The second kappa shape index (κ2) is 4.70. The quantitative estimate of drug-likeness (QED) is 0.841. The Bertz CT molecular complexity index is 641. The number of aromatic amines is 1. The van der Waals surface area contributed by atoms with Gasteiger partial charge in [-0.3, -0.25) is 0 Å². The summed E-state index contributed by atoms with van der Waals surface area (Å²) in [6.45, 7) is 0. The third-order valence-corrected chi connectivity index (χ3v) is 3.64. The molecule has 0 amide bonds. The van der Waals surface area contributed by atoms with Crippen molar-refractivity contribution in [2.45, 2.75) is 32.1 Å². The number of nitrogens with one attached hydrogen (secondary N) is 1. The van der Waals surface area contributed by atoms with Gasteiger partial charge in [0.1, 0.15) is 0 Å².